The lowest BCUT2D eigenvalue weighted by atomic mass is 9.95. The number of rotatable bonds is 20. The van der Waals surface area contributed by atoms with Crippen LogP contribution in [0.25, 0.3) is 0 Å². The molecular weight excluding hydrogens is 620 g/mol. The maximum absolute atomic E-state index is 12.2. The normalized spacial score (nSPS) is 12.4. The van der Waals surface area contributed by atoms with Crippen LogP contribution in [0.1, 0.15) is 38.5 Å². The molecule has 23 heteroatoms. The minimum Gasteiger partial charge on any atom is -0.481 e. The van der Waals surface area contributed by atoms with Gasteiger partial charge in [-0.2, -0.15) is 0 Å². The highest BCUT2D eigenvalue weighted by atomic mass is 16.7. The van der Waals surface area contributed by atoms with E-state index in [4.69, 9.17) is 20.4 Å². The van der Waals surface area contributed by atoms with Crippen LogP contribution >= 0.6 is 0 Å². The Morgan fingerprint density at radius 1 is 0.455 bits per heavy atom. The second-order valence-electron chi connectivity index (χ2n) is 8.38. The first-order chi connectivity index (χ1) is 20.1. The van der Waals surface area contributed by atoms with E-state index in [1.165, 1.54) is 0 Å². The third-order valence-corrected chi connectivity index (χ3v) is 4.88. The van der Waals surface area contributed by atoms with Crippen LogP contribution in [0.4, 0.5) is 4.79 Å². The van der Waals surface area contributed by atoms with Crippen LogP contribution in [-0.2, 0) is 66.9 Å². The van der Waals surface area contributed by atoms with Crippen molar-refractivity contribution in [2.24, 2.45) is 0 Å². The lowest BCUT2D eigenvalue weighted by molar-refractivity contribution is -0.188. The van der Waals surface area contributed by atoms with Crippen molar-refractivity contribution >= 4 is 65.8 Å². The number of hydrogen-bond acceptors (Lipinski definition) is 15. The van der Waals surface area contributed by atoms with Crippen LogP contribution in [0.5, 0.6) is 0 Å². The fourth-order valence-corrected chi connectivity index (χ4v) is 3.08. The van der Waals surface area contributed by atoms with Crippen molar-refractivity contribution in [1.82, 2.24) is 0 Å². The molecule has 0 rings (SSSR count). The zero-order valence-corrected chi connectivity index (χ0v) is 21.6. The van der Waals surface area contributed by atoms with Gasteiger partial charge in [0.15, 0.2) is 0 Å². The number of carbonyl (C=O) groups excluding carboxylic acids is 3. The second-order valence-corrected chi connectivity index (χ2v) is 8.38. The van der Waals surface area contributed by atoms with E-state index < -0.39 is 128 Å². The average Bonchev–Trinajstić information content (AvgIpc) is 2.80. The summed E-state index contributed by atoms with van der Waals surface area (Å²) in [5.41, 5.74) is -6.50. The SMILES string of the molecule is O=C(O)CC(CC(=O)O)(OC(=O)CC(OC(=O)OC(CC(=O)OC(CC(=O)O)(CC(=O)O)C(=O)O)C(=O)O)C(=O)O)C(=O)O. The van der Waals surface area contributed by atoms with Crippen molar-refractivity contribution in [3.8, 4) is 0 Å². The number of carbonyl (C=O) groups is 11. The molecule has 0 radical (unpaired) electrons. The summed E-state index contributed by atoms with van der Waals surface area (Å²) in [5.74, 6) is -20.6. The van der Waals surface area contributed by atoms with Crippen molar-refractivity contribution < 1.29 is 113 Å². The van der Waals surface area contributed by atoms with E-state index in [1.807, 2.05) is 0 Å². The molecule has 0 aromatic carbocycles. The second kappa shape index (κ2) is 15.8. The van der Waals surface area contributed by atoms with Gasteiger partial charge in [0, 0.05) is 0 Å². The van der Waals surface area contributed by atoms with E-state index in [0.29, 0.717) is 0 Å². The van der Waals surface area contributed by atoms with Crippen molar-refractivity contribution in [2.45, 2.75) is 61.9 Å². The molecule has 0 saturated carbocycles. The molecule has 244 valence electrons. The zero-order valence-electron chi connectivity index (χ0n) is 21.6. The van der Waals surface area contributed by atoms with E-state index in [2.05, 4.69) is 18.9 Å². The molecule has 2 unspecified atom stereocenters. The van der Waals surface area contributed by atoms with Gasteiger partial charge in [0.25, 0.3) is 0 Å². The van der Waals surface area contributed by atoms with Gasteiger partial charge in [-0.1, -0.05) is 0 Å². The summed E-state index contributed by atoms with van der Waals surface area (Å²) in [7, 11) is 0. The molecule has 0 aliphatic rings. The van der Waals surface area contributed by atoms with Gasteiger partial charge in [-0.05, 0) is 0 Å². The predicted octanol–water partition coefficient (Wildman–Crippen LogP) is -2.54. The Labute approximate surface area is 241 Å². The number of esters is 2. The molecule has 23 nitrogen and oxygen atoms in total. The first-order valence-corrected chi connectivity index (χ1v) is 11.2. The Bertz CT molecular complexity index is 1100. The summed E-state index contributed by atoms with van der Waals surface area (Å²) in [6.07, 6.45) is -17.4. The van der Waals surface area contributed by atoms with E-state index >= 15 is 0 Å². The maximum atomic E-state index is 12.2. The molecule has 0 aliphatic heterocycles. The van der Waals surface area contributed by atoms with Crippen LogP contribution in [0.2, 0.25) is 0 Å². The minimum absolute atomic E-state index is 1.61. The summed E-state index contributed by atoms with van der Waals surface area (Å²) in [5, 5.41) is 72.4. The summed E-state index contributed by atoms with van der Waals surface area (Å²) in [6.45, 7) is 0. The highest BCUT2D eigenvalue weighted by Gasteiger charge is 2.49. The summed E-state index contributed by atoms with van der Waals surface area (Å²) < 4.78 is 17.2. The smallest absolute Gasteiger partial charge is 0.481 e. The van der Waals surface area contributed by atoms with Crippen LogP contribution in [0.3, 0.4) is 0 Å². The monoisotopic (exact) mass is 642 g/mol. The molecule has 0 aromatic rings. The lowest BCUT2D eigenvalue weighted by Gasteiger charge is -2.27. The number of aliphatic carboxylic acids is 8. The third kappa shape index (κ3) is 12.2. The predicted molar refractivity (Wildman–Crippen MR) is 122 cm³/mol. The number of carboxylic acids is 8. The summed E-state index contributed by atoms with van der Waals surface area (Å²) in [6, 6.07) is 0. The Kier molecular flexibility index (Phi) is 13.7. The first kappa shape index (κ1) is 38.0. The summed E-state index contributed by atoms with van der Waals surface area (Å²) >= 11 is 0. The Morgan fingerprint density at radius 2 is 0.705 bits per heavy atom. The van der Waals surface area contributed by atoms with Crippen LogP contribution in [0.15, 0.2) is 0 Å². The van der Waals surface area contributed by atoms with E-state index in [0.717, 1.165) is 0 Å². The first-order valence-electron chi connectivity index (χ1n) is 11.2. The van der Waals surface area contributed by atoms with Crippen LogP contribution in [-0.4, -0.2) is 130 Å². The Balaban J connectivity index is 5.80. The van der Waals surface area contributed by atoms with Crippen LogP contribution < -0.4 is 0 Å². The topological polar surface area (TPSA) is 387 Å². The highest BCUT2D eigenvalue weighted by molar-refractivity contribution is 5.93. The van der Waals surface area contributed by atoms with Gasteiger partial charge in [-0.15, -0.1) is 0 Å². The van der Waals surface area contributed by atoms with Gasteiger partial charge in [0.05, 0.1) is 38.5 Å². The molecule has 0 bridgehead atoms. The number of hydrogen-bond donors (Lipinski definition) is 8. The van der Waals surface area contributed by atoms with Crippen molar-refractivity contribution in [1.29, 1.82) is 0 Å². The fourth-order valence-electron chi connectivity index (χ4n) is 3.08. The van der Waals surface area contributed by atoms with Gasteiger partial charge < -0.3 is 59.8 Å². The van der Waals surface area contributed by atoms with E-state index in [1.54, 1.807) is 0 Å². The average molecular weight is 642 g/mol. The van der Waals surface area contributed by atoms with E-state index in [9.17, 15) is 73.2 Å². The minimum atomic E-state index is -3.25. The third-order valence-electron chi connectivity index (χ3n) is 4.88. The Morgan fingerprint density at radius 3 is 0.886 bits per heavy atom. The van der Waals surface area contributed by atoms with E-state index in [-0.39, 0.29) is 0 Å². The van der Waals surface area contributed by atoms with Gasteiger partial charge in [-0.3, -0.25) is 28.8 Å². The molecule has 0 heterocycles. The largest absolute Gasteiger partial charge is 0.510 e. The summed E-state index contributed by atoms with van der Waals surface area (Å²) in [4.78, 5) is 126. The van der Waals surface area contributed by atoms with Crippen molar-refractivity contribution in [2.75, 3.05) is 0 Å². The lowest BCUT2D eigenvalue weighted by Crippen LogP contribution is -2.48. The number of ether oxygens (including phenoxy) is 4. The molecule has 0 amide bonds. The Hall–Kier alpha value is -6.03. The molecule has 2 atom stereocenters. The van der Waals surface area contributed by atoms with Gasteiger partial charge >= 0.3 is 65.8 Å². The highest BCUT2D eigenvalue weighted by Crippen LogP contribution is 2.25. The maximum Gasteiger partial charge on any atom is 0.510 e. The van der Waals surface area contributed by atoms with Crippen molar-refractivity contribution in [3.05, 3.63) is 0 Å². The van der Waals surface area contributed by atoms with Crippen molar-refractivity contribution in [3.63, 3.8) is 0 Å². The van der Waals surface area contributed by atoms with Gasteiger partial charge in [0.2, 0.25) is 23.4 Å². The molecule has 0 fully saturated rings. The molecule has 0 aromatic heterocycles. The van der Waals surface area contributed by atoms with Gasteiger partial charge in [-0.25, -0.2) is 24.0 Å². The standard InChI is InChI=1S/C21H22O23/c22-9(23)3-20(17(36)37,4-10(24)25)43-13(30)1-7(15(32)33)41-19(40)42-8(16(34)35)2-14(31)44-21(18(38)39,5-11(26)27)6-12(28)29/h7-8H,1-6H2,(H,22,23)(H,24,25)(H,26,27)(H,28,29)(H,32,33)(H,34,35)(H,36,37)(H,38,39). The molecule has 44 heavy (non-hydrogen) atoms. The molecule has 0 saturated heterocycles. The zero-order chi connectivity index (χ0) is 34.6. The molecule has 8 N–H and O–H groups in total. The van der Waals surface area contributed by atoms with Gasteiger partial charge in [0.1, 0.15) is 0 Å². The fraction of sp³-hybridized carbons (Fsp3) is 0.476. The molecule has 0 spiro atoms. The van der Waals surface area contributed by atoms with Crippen LogP contribution in [0, 0.1) is 0 Å². The number of carboxylic acid groups (broad SMARTS) is 8. The molecular formula is C21H22O23. The quantitative estimate of drug-likeness (QED) is 0.0500. The molecule has 0 aliphatic carbocycles.